The SMILES string of the molecule is Brc1ccc(NC2CCNCc3ccccc32)cn1. The molecule has 1 aliphatic heterocycles. The Morgan fingerprint density at radius 1 is 1.21 bits per heavy atom. The molecule has 4 heteroatoms. The lowest BCUT2D eigenvalue weighted by Crippen LogP contribution is -2.15. The van der Waals surface area contributed by atoms with Gasteiger partial charge in [-0.3, -0.25) is 0 Å². The van der Waals surface area contributed by atoms with Gasteiger partial charge in [-0.25, -0.2) is 4.98 Å². The Hall–Kier alpha value is -1.39. The summed E-state index contributed by atoms with van der Waals surface area (Å²) < 4.78 is 0.862. The van der Waals surface area contributed by atoms with Crippen LogP contribution >= 0.6 is 15.9 Å². The molecule has 1 atom stereocenters. The summed E-state index contributed by atoms with van der Waals surface area (Å²) in [7, 11) is 0. The van der Waals surface area contributed by atoms with Crippen molar-refractivity contribution in [3.63, 3.8) is 0 Å². The van der Waals surface area contributed by atoms with Crippen LogP contribution in [0, 0.1) is 0 Å². The molecule has 0 aliphatic carbocycles. The molecule has 3 nitrogen and oxygen atoms in total. The fourth-order valence-electron chi connectivity index (χ4n) is 2.47. The topological polar surface area (TPSA) is 37.0 Å². The summed E-state index contributed by atoms with van der Waals surface area (Å²) in [5.74, 6) is 0. The summed E-state index contributed by atoms with van der Waals surface area (Å²) in [6.45, 7) is 1.98. The normalized spacial score (nSPS) is 18.5. The van der Waals surface area contributed by atoms with Crippen LogP contribution in [0.5, 0.6) is 0 Å². The lowest BCUT2D eigenvalue weighted by molar-refractivity contribution is 0.637. The number of aromatic nitrogens is 1. The molecule has 2 N–H and O–H groups in total. The second kappa shape index (κ2) is 5.72. The van der Waals surface area contributed by atoms with Gasteiger partial charge in [0.1, 0.15) is 4.60 Å². The summed E-state index contributed by atoms with van der Waals surface area (Å²) in [4.78, 5) is 4.26. The van der Waals surface area contributed by atoms with Gasteiger partial charge in [0.15, 0.2) is 0 Å². The Labute approximate surface area is 121 Å². The molecule has 2 aromatic rings. The van der Waals surface area contributed by atoms with Crippen molar-refractivity contribution in [2.45, 2.75) is 19.0 Å². The smallest absolute Gasteiger partial charge is 0.106 e. The van der Waals surface area contributed by atoms with E-state index < -0.39 is 0 Å². The Kier molecular flexibility index (Phi) is 3.80. The van der Waals surface area contributed by atoms with E-state index in [0.717, 1.165) is 29.8 Å². The van der Waals surface area contributed by atoms with Crippen molar-refractivity contribution in [3.8, 4) is 0 Å². The van der Waals surface area contributed by atoms with E-state index >= 15 is 0 Å². The van der Waals surface area contributed by atoms with Crippen molar-refractivity contribution < 1.29 is 0 Å². The van der Waals surface area contributed by atoms with Crippen LogP contribution in [0.4, 0.5) is 5.69 Å². The maximum atomic E-state index is 4.26. The lowest BCUT2D eigenvalue weighted by Gasteiger charge is -2.20. The number of fused-ring (bicyclic) bond motifs is 1. The van der Waals surface area contributed by atoms with Crippen LogP contribution in [0.1, 0.15) is 23.6 Å². The van der Waals surface area contributed by atoms with Gasteiger partial charge < -0.3 is 10.6 Å². The average molecular weight is 318 g/mol. The van der Waals surface area contributed by atoms with Crippen LogP contribution in [0.2, 0.25) is 0 Å². The molecule has 0 fully saturated rings. The molecule has 98 valence electrons. The number of hydrogen-bond donors (Lipinski definition) is 2. The van der Waals surface area contributed by atoms with Gasteiger partial charge in [0, 0.05) is 6.54 Å². The minimum Gasteiger partial charge on any atom is -0.377 e. The highest BCUT2D eigenvalue weighted by atomic mass is 79.9. The molecule has 1 aliphatic rings. The summed E-state index contributed by atoms with van der Waals surface area (Å²) >= 11 is 3.36. The fourth-order valence-corrected chi connectivity index (χ4v) is 2.71. The summed E-state index contributed by atoms with van der Waals surface area (Å²) in [5.41, 5.74) is 3.82. The predicted octanol–water partition coefficient (Wildman–Crippen LogP) is 3.49. The largest absolute Gasteiger partial charge is 0.377 e. The Balaban J connectivity index is 1.86. The zero-order valence-corrected chi connectivity index (χ0v) is 12.2. The first-order chi connectivity index (χ1) is 9.33. The van der Waals surface area contributed by atoms with E-state index in [1.807, 2.05) is 12.3 Å². The number of benzene rings is 1. The molecular formula is C15H16BrN3. The third-order valence-electron chi connectivity index (χ3n) is 3.42. The molecule has 0 radical (unpaired) electrons. The molecule has 1 aromatic carbocycles. The summed E-state index contributed by atoms with van der Waals surface area (Å²) in [6, 6.07) is 13.0. The van der Waals surface area contributed by atoms with Crippen LogP contribution < -0.4 is 10.6 Å². The van der Waals surface area contributed by atoms with Crippen LogP contribution in [0.3, 0.4) is 0 Å². The average Bonchev–Trinajstić information content (AvgIpc) is 2.64. The van der Waals surface area contributed by atoms with Crippen LogP contribution in [-0.4, -0.2) is 11.5 Å². The van der Waals surface area contributed by atoms with Crippen LogP contribution in [-0.2, 0) is 6.54 Å². The van der Waals surface area contributed by atoms with Crippen molar-refractivity contribution in [3.05, 3.63) is 58.3 Å². The van der Waals surface area contributed by atoms with Crippen molar-refractivity contribution in [2.24, 2.45) is 0 Å². The number of hydrogen-bond acceptors (Lipinski definition) is 3. The van der Waals surface area contributed by atoms with Gasteiger partial charge in [-0.05, 0) is 52.2 Å². The number of rotatable bonds is 2. The first-order valence-electron chi connectivity index (χ1n) is 6.49. The summed E-state index contributed by atoms with van der Waals surface area (Å²) in [5, 5.41) is 7.05. The van der Waals surface area contributed by atoms with Crippen molar-refractivity contribution >= 4 is 21.6 Å². The molecule has 3 rings (SSSR count). The van der Waals surface area contributed by atoms with Gasteiger partial charge in [0.05, 0.1) is 17.9 Å². The quantitative estimate of drug-likeness (QED) is 0.832. The number of halogens is 1. The van der Waals surface area contributed by atoms with Crippen LogP contribution in [0.25, 0.3) is 0 Å². The number of nitrogens with zero attached hydrogens (tertiary/aromatic N) is 1. The highest BCUT2D eigenvalue weighted by Gasteiger charge is 2.17. The molecule has 0 amide bonds. The molecule has 1 aromatic heterocycles. The molecule has 0 spiro atoms. The summed E-state index contributed by atoms with van der Waals surface area (Å²) in [6.07, 6.45) is 2.94. The first kappa shape index (κ1) is 12.6. The minimum atomic E-state index is 0.342. The van der Waals surface area contributed by atoms with Crippen molar-refractivity contribution in [1.82, 2.24) is 10.3 Å². The third kappa shape index (κ3) is 2.96. The van der Waals surface area contributed by atoms with E-state index in [2.05, 4.69) is 61.9 Å². The van der Waals surface area contributed by atoms with Crippen molar-refractivity contribution in [1.29, 1.82) is 0 Å². The Morgan fingerprint density at radius 2 is 2.11 bits per heavy atom. The maximum absolute atomic E-state index is 4.26. The van der Waals surface area contributed by atoms with E-state index in [-0.39, 0.29) is 0 Å². The number of anilines is 1. The standard InChI is InChI=1S/C15H16BrN3/c16-15-6-5-12(10-18-15)19-14-7-8-17-9-11-3-1-2-4-13(11)14/h1-6,10,14,17,19H,7-9H2. The lowest BCUT2D eigenvalue weighted by atomic mass is 9.99. The second-order valence-corrected chi connectivity index (χ2v) is 5.54. The highest BCUT2D eigenvalue weighted by molar-refractivity contribution is 9.10. The Morgan fingerprint density at radius 3 is 2.95 bits per heavy atom. The third-order valence-corrected chi connectivity index (χ3v) is 3.89. The Bertz CT molecular complexity index is 554. The molecule has 2 heterocycles. The van der Waals surface area contributed by atoms with E-state index in [1.165, 1.54) is 11.1 Å². The zero-order chi connectivity index (χ0) is 13.1. The van der Waals surface area contributed by atoms with Gasteiger partial charge in [-0.15, -0.1) is 0 Å². The van der Waals surface area contributed by atoms with Gasteiger partial charge >= 0.3 is 0 Å². The molecule has 1 unspecified atom stereocenters. The molecule has 19 heavy (non-hydrogen) atoms. The van der Waals surface area contributed by atoms with Gasteiger partial charge in [-0.1, -0.05) is 24.3 Å². The monoisotopic (exact) mass is 317 g/mol. The van der Waals surface area contributed by atoms with Gasteiger partial charge in [0.2, 0.25) is 0 Å². The molecular weight excluding hydrogens is 302 g/mol. The minimum absolute atomic E-state index is 0.342. The number of nitrogens with one attached hydrogen (secondary N) is 2. The fraction of sp³-hybridized carbons (Fsp3) is 0.267. The molecule has 0 saturated carbocycles. The predicted molar refractivity (Wildman–Crippen MR) is 81.1 cm³/mol. The zero-order valence-electron chi connectivity index (χ0n) is 10.6. The highest BCUT2D eigenvalue weighted by Crippen LogP contribution is 2.27. The van der Waals surface area contributed by atoms with E-state index in [4.69, 9.17) is 0 Å². The van der Waals surface area contributed by atoms with E-state index in [1.54, 1.807) is 0 Å². The first-order valence-corrected chi connectivity index (χ1v) is 7.29. The molecule has 0 saturated heterocycles. The number of pyridine rings is 1. The van der Waals surface area contributed by atoms with Gasteiger partial charge in [0.25, 0.3) is 0 Å². The van der Waals surface area contributed by atoms with Gasteiger partial charge in [-0.2, -0.15) is 0 Å². The maximum Gasteiger partial charge on any atom is 0.106 e. The van der Waals surface area contributed by atoms with E-state index in [0.29, 0.717) is 6.04 Å². The van der Waals surface area contributed by atoms with E-state index in [9.17, 15) is 0 Å². The van der Waals surface area contributed by atoms with Crippen LogP contribution in [0.15, 0.2) is 47.2 Å². The second-order valence-electron chi connectivity index (χ2n) is 4.73. The molecule has 0 bridgehead atoms. The van der Waals surface area contributed by atoms with Crippen molar-refractivity contribution in [2.75, 3.05) is 11.9 Å².